The van der Waals surface area contributed by atoms with E-state index in [9.17, 15) is 0 Å². The van der Waals surface area contributed by atoms with E-state index in [1.165, 1.54) is 12.1 Å². The fourth-order valence-corrected chi connectivity index (χ4v) is 2.74. The van der Waals surface area contributed by atoms with Gasteiger partial charge in [0.2, 0.25) is 0 Å². The van der Waals surface area contributed by atoms with Crippen LogP contribution in [0.25, 0.3) is 0 Å². The largest absolute Gasteiger partial charge is 0.463 e. The molecule has 0 bridgehead atoms. The molecule has 0 amide bonds. The summed E-state index contributed by atoms with van der Waals surface area (Å²) in [5.74, 6) is 2.16. The van der Waals surface area contributed by atoms with E-state index in [0.717, 1.165) is 57.3 Å². The van der Waals surface area contributed by atoms with Crippen molar-refractivity contribution in [1.29, 1.82) is 0 Å². The molecular formula is C16H30N4O. The van der Waals surface area contributed by atoms with Crippen molar-refractivity contribution < 1.29 is 4.42 Å². The summed E-state index contributed by atoms with van der Waals surface area (Å²) < 4.78 is 5.94. The van der Waals surface area contributed by atoms with Crippen LogP contribution in [-0.2, 0) is 13.1 Å². The lowest BCUT2D eigenvalue weighted by molar-refractivity contribution is 0.114. The molecule has 0 aromatic carbocycles. The van der Waals surface area contributed by atoms with E-state index >= 15 is 0 Å². The quantitative estimate of drug-likeness (QED) is 0.811. The Hall–Kier alpha value is -0.880. The number of hydrogen-bond donors (Lipinski definition) is 1. The Morgan fingerprint density at radius 1 is 1.19 bits per heavy atom. The van der Waals surface area contributed by atoms with Crippen LogP contribution in [0.2, 0.25) is 0 Å². The zero-order valence-electron chi connectivity index (χ0n) is 14.0. The molecule has 1 aromatic heterocycles. The van der Waals surface area contributed by atoms with Crippen molar-refractivity contribution in [2.24, 2.45) is 0 Å². The van der Waals surface area contributed by atoms with Gasteiger partial charge in [0.05, 0.1) is 13.1 Å². The van der Waals surface area contributed by atoms with Gasteiger partial charge >= 0.3 is 0 Å². The van der Waals surface area contributed by atoms with Crippen LogP contribution in [-0.4, -0.2) is 75.1 Å². The summed E-state index contributed by atoms with van der Waals surface area (Å²) in [7, 11) is 6.23. The molecule has 1 N–H and O–H groups in total. The van der Waals surface area contributed by atoms with Crippen molar-refractivity contribution in [2.75, 3.05) is 60.4 Å². The number of rotatable bonds is 7. The fourth-order valence-electron chi connectivity index (χ4n) is 2.74. The lowest BCUT2D eigenvalue weighted by atomic mass is 10.2. The topological polar surface area (TPSA) is 34.9 Å². The molecule has 5 heteroatoms. The number of nitrogens with zero attached hydrogens (tertiary/aromatic N) is 3. The van der Waals surface area contributed by atoms with Gasteiger partial charge in [-0.25, -0.2) is 0 Å². The number of nitrogens with one attached hydrogen (secondary N) is 1. The van der Waals surface area contributed by atoms with Crippen LogP contribution < -0.4 is 5.32 Å². The third-order valence-corrected chi connectivity index (χ3v) is 4.12. The average Bonchev–Trinajstić information content (AvgIpc) is 2.78. The van der Waals surface area contributed by atoms with Gasteiger partial charge in [0.15, 0.2) is 0 Å². The highest BCUT2D eigenvalue weighted by atomic mass is 16.3. The summed E-state index contributed by atoms with van der Waals surface area (Å²) in [6.45, 7) is 10.8. The van der Waals surface area contributed by atoms with Gasteiger partial charge in [0.25, 0.3) is 0 Å². The molecule has 1 saturated heterocycles. The monoisotopic (exact) mass is 294 g/mol. The van der Waals surface area contributed by atoms with E-state index in [2.05, 4.69) is 47.1 Å². The predicted octanol–water partition coefficient (Wildman–Crippen LogP) is 0.987. The molecule has 0 spiro atoms. The van der Waals surface area contributed by atoms with Gasteiger partial charge < -0.3 is 14.6 Å². The maximum atomic E-state index is 5.94. The van der Waals surface area contributed by atoms with Crippen LogP contribution in [0.15, 0.2) is 10.5 Å². The van der Waals surface area contributed by atoms with E-state index in [1.54, 1.807) is 0 Å². The van der Waals surface area contributed by atoms with Gasteiger partial charge in [-0.15, -0.1) is 0 Å². The molecule has 0 aliphatic carbocycles. The molecule has 120 valence electrons. The normalized spacial score (nSPS) is 17.8. The number of hydrogen-bond acceptors (Lipinski definition) is 5. The highest BCUT2D eigenvalue weighted by Crippen LogP contribution is 2.17. The second kappa shape index (κ2) is 7.94. The summed E-state index contributed by atoms with van der Waals surface area (Å²) in [6.07, 6.45) is 0. The van der Waals surface area contributed by atoms with Crippen molar-refractivity contribution in [3.8, 4) is 0 Å². The van der Waals surface area contributed by atoms with Gasteiger partial charge in [-0.2, -0.15) is 0 Å². The minimum Gasteiger partial charge on any atom is -0.463 e. The van der Waals surface area contributed by atoms with Crippen molar-refractivity contribution in [1.82, 2.24) is 20.0 Å². The fraction of sp³-hybridized carbons (Fsp3) is 0.750. The van der Waals surface area contributed by atoms with Gasteiger partial charge in [0.1, 0.15) is 11.5 Å². The highest BCUT2D eigenvalue weighted by molar-refractivity contribution is 5.20. The van der Waals surface area contributed by atoms with Gasteiger partial charge in [-0.3, -0.25) is 9.80 Å². The number of furan rings is 1. The second-order valence-electron chi connectivity index (χ2n) is 6.27. The van der Waals surface area contributed by atoms with E-state index < -0.39 is 0 Å². The molecular weight excluding hydrogens is 264 g/mol. The van der Waals surface area contributed by atoms with Crippen LogP contribution in [0.4, 0.5) is 0 Å². The summed E-state index contributed by atoms with van der Waals surface area (Å²) in [6, 6.07) is 2.19. The SMILES string of the molecule is CNCc1oc(CN2CCN(CCN(C)C)CC2)cc1C. The third kappa shape index (κ3) is 5.11. The molecule has 1 aliphatic rings. The van der Waals surface area contributed by atoms with E-state index in [0.29, 0.717) is 0 Å². The molecule has 0 saturated carbocycles. The molecule has 1 aromatic rings. The Bertz CT molecular complexity index is 422. The maximum absolute atomic E-state index is 5.94. The van der Waals surface area contributed by atoms with Crippen molar-refractivity contribution in [3.63, 3.8) is 0 Å². The van der Waals surface area contributed by atoms with Crippen molar-refractivity contribution in [3.05, 3.63) is 23.2 Å². The van der Waals surface area contributed by atoms with Crippen LogP contribution in [0.1, 0.15) is 17.1 Å². The van der Waals surface area contributed by atoms with E-state index in [4.69, 9.17) is 4.42 Å². The molecule has 0 atom stereocenters. The molecule has 5 nitrogen and oxygen atoms in total. The first-order chi connectivity index (χ1) is 10.1. The lowest BCUT2D eigenvalue weighted by Gasteiger charge is -2.34. The standard InChI is InChI=1S/C16H30N4O/c1-14-11-15(21-16(14)12-17-2)13-20-9-7-19(8-10-20)6-5-18(3)4/h11,17H,5-10,12-13H2,1-4H3. The molecule has 1 fully saturated rings. The Labute approximate surface area is 128 Å². The lowest BCUT2D eigenvalue weighted by Crippen LogP contribution is -2.47. The summed E-state index contributed by atoms with van der Waals surface area (Å²) >= 11 is 0. The zero-order chi connectivity index (χ0) is 15.2. The van der Waals surface area contributed by atoms with Crippen molar-refractivity contribution in [2.45, 2.75) is 20.0 Å². The Kier molecular flexibility index (Phi) is 6.23. The smallest absolute Gasteiger partial charge is 0.120 e. The first-order valence-corrected chi connectivity index (χ1v) is 7.90. The first-order valence-electron chi connectivity index (χ1n) is 7.90. The van der Waals surface area contributed by atoms with Crippen LogP contribution >= 0.6 is 0 Å². The minimum atomic E-state index is 0.810. The summed E-state index contributed by atoms with van der Waals surface area (Å²) in [5, 5.41) is 3.15. The van der Waals surface area contributed by atoms with Crippen molar-refractivity contribution >= 4 is 0 Å². The van der Waals surface area contributed by atoms with E-state index in [1.807, 2.05) is 7.05 Å². The average molecular weight is 294 g/mol. The summed E-state index contributed by atoms with van der Waals surface area (Å²) in [5.41, 5.74) is 1.25. The zero-order valence-corrected chi connectivity index (χ0v) is 14.0. The predicted molar refractivity (Wildman–Crippen MR) is 86.5 cm³/mol. The second-order valence-corrected chi connectivity index (χ2v) is 6.27. The number of piperazine rings is 1. The summed E-state index contributed by atoms with van der Waals surface area (Å²) in [4.78, 5) is 7.30. The highest BCUT2D eigenvalue weighted by Gasteiger charge is 2.18. The van der Waals surface area contributed by atoms with Gasteiger partial charge in [-0.05, 0) is 39.7 Å². The van der Waals surface area contributed by atoms with Gasteiger partial charge in [0, 0.05) is 39.3 Å². The van der Waals surface area contributed by atoms with Crippen LogP contribution in [0, 0.1) is 6.92 Å². The minimum absolute atomic E-state index is 0.810. The molecule has 0 unspecified atom stereocenters. The molecule has 1 aliphatic heterocycles. The number of aryl methyl sites for hydroxylation is 1. The Morgan fingerprint density at radius 3 is 2.48 bits per heavy atom. The third-order valence-electron chi connectivity index (χ3n) is 4.12. The molecule has 21 heavy (non-hydrogen) atoms. The van der Waals surface area contributed by atoms with Crippen LogP contribution in [0.5, 0.6) is 0 Å². The Balaban J connectivity index is 1.76. The van der Waals surface area contributed by atoms with Crippen LogP contribution in [0.3, 0.4) is 0 Å². The van der Waals surface area contributed by atoms with E-state index in [-0.39, 0.29) is 0 Å². The van der Waals surface area contributed by atoms with Gasteiger partial charge in [-0.1, -0.05) is 0 Å². The number of likely N-dealkylation sites (N-methyl/N-ethyl adjacent to an activating group) is 1. The maximum Gasteiger partial charge on any atom is 0.120 e. The first kappa shape index (κ1) is 16.5. The Morgan fingerprint density at radius 2 is 1.86 bits per heavy atom. The molecule has 2 heterocycles. The molecule has 0 radical (unpaired) electrons. The molecule has 2 rings (SSSR count).